The van der Waals surface area contributed by atoms with Crippen LogP contribution in [0.25, 0.3) is 0 Å². The summed E-state index contributed by atoms with van der Waals surface area (Å²) in [4.78, 5) is 10.8. The Balaban J connectivity index is 2.41. The van der Waals surface area contributed by atoms with Gasteiger partial charge in [-0.1, -0.05) is 23.2 Å². The number of carboxylic acids is 1. The van der Waals surface area contributed by atoms with E-state index in [2.05, 4.69) is 4.72 Å². The standard InChI is InChI=1S/C12H10Cl2N2O4S/c1-16-6-8(5-11(16)12(17)18)21(19,20)15-10-4-7(13)2-3-9(10)14/h2-6,15H,1H3,(H,17,18). The molecule has 0 aliphatic rings. The lowest BCUT2D eigenvalue weighted by Gasteiger charge is -2.08. The van der Waals surface area contributed by atoms with Crippen LogP contribution in [0.5, 0.6) is 0 Å². The Hall–Kier alpha value is -1.70. The second-order valence-corrected chi connectivity index (χ2v) is 6.73. The molecule has 0 fully saturated rings. The van der Waals surface area contributed by atoms with Gasteiger partial charge in [0.15, 0.2) is 0 Å². The topological polar surface area (TPSA) is 88.4 Å². The summed E-state index contributed by atoms with van der Waals surface area (Å²) in [5.41, 5.74) is -0.0301. The number of rotatable bonds is 4. The lowest BCUT2D eigenvalue weighted by molar-refractivity contribution is 0.0686. The average molecular weight is 349 g/mol. The predicted octanol–water partition coefficient (Wildman–Crippen LogP) is 2.83. The molecule has 0 unspecified atom stereocenters. The first-order chi connectivity index (χ1) is 9.70. The summed E-state index contributed by atoms with van der Waals surface area (Å²) in [7, 11) is -2.53. The molecule has 112 valence electrons. The lowest BCUT2D eigenvalue weighted by Crippen LogP contribution is -2.12. The third kappa shape index (κ3) is 3.31. The van der Waals surface area contributed by atoms with E-state index in [9.17, 15) is 13.2 Å². The van der Waals surface area contributed by atoms with Gasteiger partial charge >= 0.3 is 5.97 Å². The quantitative estimate of drug-likeness (QED) is 0.888. The van der Waals surface area contributed by atoms with Crippen molar-refractivity contribution in [2.75, 3.05) is 4.72 Å². The highest BCUT2D eigenvalue weighted by molar-refractivity contribution is 7.92. The summed E-state index contributed by atoms with van der Waals surface area (Å²) in [6, 6.07) is 5.40. The number of aromatic carboxylic acids is 1. The number of nitrogens with one attached hydrogen (secondary N) is 1. The highest BCUT2D eigenvalue weighted by atomic mass is 35.5. The molecule has 1 aromatic heterocycles. The number of benzene rings is 1. The van der Waals surface area contributed by atoms with Crippen molar-refractivity contribution in [1.82, 2.24) is 4.57 Å². The predicted molar refractivity (Wildman–Crippen MR) is 79.6 cm³/mol. The molecule has 0 spiro atoms. The molecule has 1 aromatic carbocycles. The molecule has 0 atom stereocenters. The average Bonchev–Trinajstić information content (AvgIpc) is 2.77. The molecule has 2 rings (SSSR count). The Labute approximate surface area is 131 Å². The molecule has 21 heavy (non-hydrogen) atoms. The number of aromatic nitrogens is 1. The Bertz CT molecular complexity index is 815. The number of hydrogen-bond donors (Lipinski definition) is 2. The van der Waals surface area contributed by atoms with Crippen LogP contribution in [0, 0.1) is 0 Å². The number of sulfonamides is 1. The highest BCUT2D eigenvalue weighted by Gasteiger charge is 2.21. The number of carboxylic acid groups (broad SMARTS) is 1. The molecule has 0 aliphatic heterocycles. The zero-order chi connectivity index (χ0) is 15.8. The zero-order valence-corrected chi connectivity index (χ0v) is 13.0. The smallest absolute Gasteiger partial charge is 0.352 e. The van der Waals surface area contributed by atoms with E-state index in [1.54, 1.807) is 0 Å². The second kappa shape index (κ2) is 5.59. The molecular weight excluding hydrogens is 339 g/mol. The maximum atomic E-state index is 12.2. The maximum Gasteiger partial charge on any atom is 0.352 e. The minimum absolute atomic E-state index is 0.116. The van der Waals surface area contributed by atoms with E-state index < -0.39 is 16.0 Å². The summed E-state index contributed by atoms with van der Waals surface area (Å²) >= 11 is 11.7. The van der Waals surface area contributed by atoms with Gasteiger partial charge in [-0.15, -0.1) is 0 Å². The van der Waals surface area contributed by atoms with Crippen molar-refractivity contribution in [1.29, 1.82) is 0 Å². The molecule has 0 aliphatic carbocycles. The first kappa shape index (κ1) is 15.7. The Morgan fingerprint density at radius 3 is 2.52 bits per heavy atom. The van der Waals surface area contributed by atoms with Gasteiger partial charge in [-0.25, -0.2) is 13.2 Å². The molecule has 0 saturated heterocycles. The van der Waals surface area contributed by atoms with Gasteiger partial charge in [-0.2, -0.15) is 0 Å². The molecule has 0 amide bonds. The SMILES string of the molecule is Cn1cc(S(=O)(=O)Nc2cc(Cl)ccc2Cl)cc1C(=O)O. The van der Waals surface area contributed by atoms with Crippen LogP contribution in [-0.2, 0) is 17.1 Å². The fourth-order valence-electron chi connectivity index (χ4n) is 1.67. The van der Waals surface area contributed by atoms with Gasteiger partial charge in [0.2, 0.25) is 0 Å². The van der Waals surface area contributed by atoms with Crippen molar-refractivity contribution in [3.63, 3.8) is 0 Å². The Kier molecular flexibility index (Phi) is 4.18. The number of anilines is 1. The molecule has 0 bridgehead atoms. The van der Waals surface area contributed by atoms with Crippen LogP contribution in [0.3, 0.4) is 0 Å². The van der Waals surface area contributed by atoms with Crippen LogP contribution in [-0.4, -0.2) is 24.1 Å². The molecule has 2 aromatic rings. The Morgan fingerprint density at radius 1 is 1.29 bits per heavy atom. The number of carbonyl (C=O) groups is 1. The monoisotopic (exact) mass is 348 g/mol. The summed E-state index contributed by atoms with van der Waals surface area (Å²) in [5.74, 6) is -1.22. The van der Waals surface area contributed by atoms with E-state index in [1.807, 2.05) is 0 Å². The van der Waals surface area contributed by atoms with Crippen LogP contribution in [0.2, 0.25) is 10.0 Å². The molecule has 6 nitrogen and oxygen atoms in total. The second-order valence-electron chi connectivity index (χ2n) is 4.21. The first-order valence-corrected chi connectivity index (χ1v) is 7.82. The fourth-order valence-corrected chi connectivity index (χ4v) is 3.21. The molecule has 9 heteroatoms. The van der Waals surface area contributed by atoms with Crippen molar-refractivity contribution in [3.05, 3.63) is 46.2 Å². The van der Waals surface area contributed by atoms with Crippen molar-refractivity contribution in [2.24, 2.45) is 7.05 Å². The van der Waals surface area contributed by atoms with Crippen molar-refractivity contribution < 1.29 is 18.3 Å². The lowest BCUT2D eigenvalue weighted by atomic mass is 10.3. The van der Waals surface area contributed by atoms with Gasteiger partial charge in [-0.3, -0.25) is 4.72 Å². The van der Waals surface area contributed by atoms with Crippen LogP contribution in [0.1, 0.15) is 10.5 Å². The Morgan fingerprint density at radius 2 is 1.95 bits per heavy atom. The van der Waals surface area contributed by atoms with Gasteiger partial charge in [0.05, 0.1) is 10.7 Å². The summed E-state index contributed by atoms with van der Waals surface area (Å²) in [6.07, 6.45) is 1.20. The van der Waals surface area contributed by atoms with Crippen LogP contribution < -0.4 is 4.72 Å². The molecular formula is C12H10Cl2N2O4S. The van der Waals surface area contributed by atoms with E-state index in [0.717, 1.165) is 6.07 Å². The van der Waals surface area contributed by atoms with Gasteiger partial charge in [0.25, 0.3) is 10.0 Å². The van der Waals surface area contributed by atoms with Crippen molar-refractivity contribution in [3.8, 4) is 0 Å². The van der Waals surface area contributed by atoms with Gasteiger partial charge in [0.1, 0.15) is 10.6 Å². The van der Waals surface area contributed by atoms with E-state index in [4.69, 9.17) is 28.3 Å². The number of hydrogen-bond acceptors (Lipinski definition) is 3. The zero-order valence-electron chi connectivity index (χ0n) is 10.7. The van der Waals surface area contributed by atoms with E-state index >= 15 is 0 Å². The van der Waals surface area contributed by atoms with Gasteiger partial charge in [-0.05, 0) is 24.3 Å². The summed E-state index contributed by atoms with van der Waals surface area (Å²) < 4.78 is 27.9. The normalized spacial score (nSPS) is 11.4. The van der Waals surface area contributed by atoms with Gasteiger partial charge < -0.3 is 9.67 Å². The van der Waals surface area contributed by atoms with Crippen LogP contribution in [0.15, 0.2) is 35.4 Å². The molecule has 1 heterocycles. The minimum atomic E-state index is -3.97. The summed E-state index contributed by atoms with van der Waals surface area (Å²) in [6.45, 7) is 0. The molecule has 2 N–H and O–H groups in total. The van der Waals surface area contributed by atoms with Crippen LogP contribution >= 0.6 is 23.2 Å². The number of halogens is 2. The largest absolute Gasteiger partial charge is 0.477 e. The van der Waals surface area contributed by atoms with Crippen molar-refractivity contribution in [2.45, 2.75) is 4.90 Å². The highest BCUT2D eigenvalue weighted by Crippen LogP contribution is 2.28. The fraction of sp³-hybridized carbons (Fsp3) is 0.0833. The third-order valence-electron chi connectivity index (χ3n) is 2.68. The minimum Gasteiger partial charge on any atom is -0.477 e. The van der Waals surface area contributed by atoms with Crippen LogP contribution in [0.4, 0.5) is 5.69 Å². The van der Waals surface area contributed by atoms with E-state index in [1.165, 1.54) is 36.0 Å². The number of nitrogens with zero attached hydrogens (tertiary/aromatic N) is 1. The molecule has 0 radical (unpaired) electrons. The van der Waals surface area contributed by atoms with Crippen molar-refractivity contribution >= 4 is 44.9 Å². The summed E-state index contributed by atoms with van der Waals surface area (Å²) in [5, 5.41) is 9.43. The van der Waals surface area contributed by atoms with Gasteiger partial charge in [0, 0.05) is 18.3 Å². The first-order valence-electron chi connectivity index (χ1n) is 5.58. The maximum absolute atomic E-state index is 12.2. The molecule has 0 saturated carbocycles. The third-order valence-corrected chi connectivity index (χ3v) is 4.58. The van der Waals surface area contributed by atoms with E-state index in [0.29, 0.717) is 5.02 Å². The van der Waals surface area contributed by atoms with E-state index in [-0.39, 0.29) is 21.3 Å². The number of aryl methyl sites for hydroxylation is 1.